The van der Waals surface area contributed by atoms with E-state index in [0.29, 0.717) is 35.2 Å². The lowest BCUT2D eigenvalue weighted by atomic mass is 9.68. The Morgan fingerprint density at radius 3 is 2.50 bits per heavy atom. The number of rotatable bonds is 3. The van der Waals surface area contributed by atoms with E-state index < -0.39 is 17.5 Å². The molecule has 0 fully saturated rings. The van der Waals surface area contributed by atoms with Crippen molar-refractivity contribution in [3.63, 3.8) is 0 Å². The number of nitrogens with one attached hydrogen (secondary N) is 1. The summed E-state index contributed by atoms with van der Waals surface area (Å²) in [7, 11) is 1.47. The molecule has 0 spiro atoms. The number of phenols is 1. The van der Waals surface area contributed by atoms with E-state index in [2.05, 4.69) is 19.2 Å². The van der Waals surface area contributed by atoms with Crippen LogP contribution in [0, 0.1) is 5.41 Å². The van der Waals surface area contributed by atoms with Crippen LogP contribution in [0.25, 0.3) is 0 Å². The summed E-state index contributed by atoms with van der Waals surface area (Å²) in [6.07, 6.45) is 1.11. The van der Waals surface area contributed by atoms with Gasteiger partial charge in [-0.05, 0) is 57.2 Å². The molecular weight excluding hydrogens is 382 g/mol. The van der Waals surface area contributed by atoms with Gasteiger partial charge < -0.3 is 19.9 Å². The van der Waals surface area contributed by atoms with Crippen LogP contribution in [0.4, 0.5) is 0 Å². The highest BCUT2D eigenvalue weighted by Gasteiger charge is 2.43. The second kappa shape index (κ2) is 7.49. The van der Waals surface area contributed by atoms with Gasteiger partial charge in [-0.15, -0.1) is 0 Å². The van der Waals surface area contributed by atoms with E-state index in [1.807, 2.05) is 27.7 Å². The first kappa shape index (κ1) is 21.9. The molecule has 0 saturated heterocycles. The van der Waals surface area contributed by atoms with Crippen molar-refractivity contribution in [3.8, 4) is 11.5 Å². The number of hydrogen-bond donors (Lipinski definition) is 2. The Morgan fingerprint density at radius 1 is 1.23 bits per heavy atom. The van der Waals surface area contributed by atoms with Gasteiger partial charge in [-0.3, -0.25) is 4.79 Å². The molecule has 0 radical (unpaired) electrons. The molecule has 30 heavy (non-hydrogen) atoms. The molecule has 1 atom stereocenters. The maximum absolute atomic E-state index is 13.3. The SMILES string of the molecule is COc1cc([C@H]2C(C(=O)OC(C)(C)C)=C(C)NC3=C2C(=O)CC(C)(C)C3)ccc1O. The average Bonchev–Trinajstić information content (AvgIpc) is 2.58. The zero-order valence-electron chi connectivity index (χ0n) is 18.8. The van der Waals surface area contributed by atoms with Crippen LogP contribution in [0.15, 0.2) is 40.7 Å². The molecule has 0 unspecified atom stereocenters. The van der Waals surface area contributed by atoms with Crippen LogP contribution < -0.4 is 10.1 Å². The van der Waals surface area contributed by atoms with Gasteiger partial charge >= 0.3 is 5.97 Å². The fourth-order valence-corrected chi connectivity index (χ4v) is 4.25. The van der Waals surface area contributed by atoms with Crippen LogP contribution in [0.1, 0.15) is 65.9 Å². The zero-order valence-corrected chi connectivity index (χ0v) is 18.8. The number of aromatic hydroxyl groups is 1. The zero-order chi connectivity index (χ0) is 22.4. The van der Waals surface area contributed by atoms with Crippen molar-refractivity contribution in [1.29, 1.82) is 0 Å². The van der Waals surface area contributed by atoms with Crippen LogP contribution in [-0.2, 0) is 14.3 Å². The number of allylic oxidation sites excluding steroid dienone is 3. The van der Waals surface area contributed by atoms with Gasteiger partial charge in [0.15, 0.2) is 17.3 Å². The fraction of sp³-hybridized carbons (Fsp3) is 0.500. The highest BCUT2D eigenvalue weighted by atomic mass is 16.6. The number of Topliss-reactive ketones (excluding diaryl/α,β-unsaturated/α-hetero) is 1. The highest BCUT2D eigenvalue weighted by Crippen LogP contribution is 2.48. The summed E-state index contributed by atoms with van der Waals surface area (Å²) in [5, 5.41) is 13.4. The summed E-state index contributed by atoms with van der Waals surface area (Å²) in [6.45, 7) is 11.4. The molecule has 162 valence electrons. The Bertz CT molecular complexity index is 962. The van der Waals surface area contributed by atoms with E-state index in [-0.39, 0.29) is 22.7 Å². The van der Waals surface area contributed by atoms with Crippen molar-refractivity contribution in [1.82, 2.24) is 5.32 Å². The van der Waals surface area contributed by atoms with Gasteiger partial charge in [-0.2, -0.15) is 0 Å². The molecule has 2 N–H and O–H groups in total. The number of carbonyl (C=O) groups excluding carboxylic acids is 2. The Labute approximate surface area is 178 Å². The number of ether oxygens (including phenoxy) is 2. The Morgan fingerprint density at radius 2 is 1.90 bits per heavy atom. The van der Waals surface area contributed by atoms with E-state index in [9.17, 15) is 14.7 Å². The van der Waals surface area contributed by atoms with Crippen LogP contribution in [-0.4, -0.2) is 29.6 Å². The summed E-state index contributed by atoms with van der Waals surface area (Å²) in [5.41, 5.74) is 2.38. The Kier molecular flexibility index (Phi) is 5.48. The number of dihydropyridines is 1. The number of benzene rings is 1. The minimum Gasteiger partial charge on any atom is -0.504 e. The molecule has 1 heterocycles. The number of phenolic OH excluding ortho intramolecular Hbond substituents is 1. The molecular formula is C24H31NO5. The van der Waals surface area contributed by atoms with Gasteiger partial charge in [0, 0.05) is 29.3 Å². The van der Waals surface area contributed by atoms with Gasteiger partial charge in [0.1, 0.15) is 5.60 Å². The van der Waals surface area contributed by atoms with Crippen LogP contribution >= 0.6 is 0 Å². The number of esters is 1. The molecule has 1 aliphatic carbocycles. The standard InChI is InChI=1S/C24H31NO5/c1-13-19(22(28)30-23(2,3)4)20(14-8-9-16(26)18(10-14)29-7)21-15(25-13)11-24(5,6)12-17(21)27/h8-10,20,25-26H,11-12H2,1-7H3/t20-/m0/s1. The maximum atomic E-state index is 13.3. The molecule has 0 aromatic heterocycles. The lowest BCUT2D eigenvalue weighted by molar-refractivity contribution is -0.150. The van der Waals surface area contributed by atoms with Crippen LogP contribution in [0.3, 0.4) is 0 Å². The summed E-state index contributed by atoms with van der Waals surface area (Å²) < 4.78 is 11.0. The minimum atomic E-state index is -0.672. The molecule has 3 rings (SSSR count). The number of carbonyl (C=O) groups is 2. The number of hydrogen-bond acceptors (Lipinski definition) is 6. The second-order valence-corrected chi connectivity index (χ2v) is 9.86. The second-order valence-electron chi connectivity index (χ2n) is 9.86. The molecule has 0 bridgehead atoms. The van der Waals surface area contributed by atoms with Crippen LogP contribution in [0.5, 0.6) is 11.5 Å². The normalized spacial score (nSPS) is 21.2. The van der Waals surface area contributed by atoms with Crippen molar-refractivity contribution in [2.24, 2.45) is 5.41 Å². The molecule has 1 aliphatic heterocycles. The third-order valence-corrected chi connectivity index (χ3v) is 5.40. The van der Waals surface area contributed by atoms with E-state index in [1.54, 1.807) is 12.1 Å². The van der Waals surface area contributed by atoms with E-state index in [0.717, 1.165) is 5.70 Å². The Balaban J connectivity index is 2.20. The monoisotopic (exact) mass is 413 g/mol. The first-order valence-electron chi connectivity index (χ1n) is 10.2. The van der Waals surface area contributed by atoms with Gasteiger partial charge in [0.25, 0.3) is 0 Å². The number of ketones is 1. The summed E-state index contributed by atoms with van der Waals surface area (Å²) in [5.74, 6) is -0.750. The minimum absolute atomic E-state index is 0.0000103. The van der Waals surface area contributed by atoms with Gasteiger partial charge in [0.05, 0.1) is 12.7 Å². The molecule has 6 nitrogen and oxygen atoms in total. The van der Waals surface area contributed by atoms with Crippen molar-refractivity contribution in [2.75, 3.05) is 7.11 Å². The summed E-state index contributed by atoms with van der Waals surface area (Å²) in [4.78, 5) is 26.5. The third-order valence-electron chi connectivity index (χ3n) is 5.40. The molecule has 6 heteroatoms. The smallest absolute Gasteiger partial charge is 0.337 e. The van der Waals surface area contributed by atoms with Gasteiger partial charge in [0.2, 0.25) is 0 Å². The van der Waals surface area contributed by atoms with Crippen LogP contribution in [0.2, 0.25) is 0 Å². The fourth-order valence-electron chi connectivity index (χ4n) is 4.25. The van der Waals surface area contributed by atoms with Crippen molar-refractivity contribution < 1.29 is 24.2 Å². The molecule has 1 aromatic carbocycles. The molecule has 2 aliphatic rings. The first-order valence-corrected chi connectivity index (χ1v) is 10.2. The predicted molar refractivity (Wildman–Crippen MR) is 114 cm³/mol. The molecule has 0 saturated carbocycles. The van der Waals surface area contributed by atoms with Crippen molar-refractivity contribution in [2.45, 2.75) is 65.9 Å². The van der Waals surface area contributed by atoms with Crippen molar-refractivity contribution >= 4 is 11.8 Å². The predicted octanol–water partition coefficient (Wildman–Crippen LogP) is 4.35. The maximum Gasteiger partial charge on any atom is 0.337 e. The highest BCUT2D eigenvalue weighted by molar-refractivity contribution is 6.04. The van der Waals surface area contributed by atoms with E-state index in [4.69, 9.17) is 9.47 Å². The third kappa shape index (κ3) is 4.23. The van der Waals surface area contributed by atoms with Crippen molar-refractivity contribution in [3.05, 3.63) is 46.3 Å². The summed E-state index contributed by atoms with van der Waals surface area (Å²) in [6, 6.07) is 4.93. The lowest BCUT2D eigenvalue weighted by Crippen LogP contribution is -2.39. The topological polar surface area (TPSA) is 84.9 Å². The lowest BCUT2D eigenvalue weighted by Gasteiger charge is -2.40. The summed E-state index contributed by atoms with van der Waals surface area (Å²) >= 11 is 0. The first-order chi connectivity index (χ1) is 13.8. The van der Waals surface area contributed by atoms with E-state index >= 15 is 0 Å². The molecule has 1 aromatic rings. The molecule has 0 amide bonds. The largest absolute Gasteiger partial charge is 0.504 e. The van der Waals surface area contributed by atoms with Gasteiger partial charge in [-0.1, -0.05) is 19.9 Å². The quantitative estimate of drug-likeness (QED) is 0.717. The number of methoxy groups -OCH3 is 1. The Hall–Kier alpha value is -2.76. The van der Waals surface area contributed by atoms with Gasteiger partial charge in [-0.25, -0.2) is 4.79 Å². The average molecular weight is 414 g/mol. The van der Waals surface area contributed by atoms with E-state index in [1.165, 1.54) is 13.2 Å².